The molecule has 0 aliphatic heterocycles. The van der Waals surface area contributed by atoms with E-state index in [0.29, 0.717) is 23.7 Å². The van der Waals surface area contributed by atoms with Crippen LogP contribution in [0.2, 0.25) is 0 Å². The number of benzene rings is 2. The maximum Gasteiger partial charge on any atom is 0.221 e. The molecule has 3 aromatic rings. The molecule has 0 aliphatic carbocycles. The fourth-order valence-corrected chi connectivity index (χ4v) is 2.26. The molecule has 0 spiro atoms. The van der Waals surface area contributed by atoms with Gasteiger partial charge in [-0.2, -0.15) is 0 Å². The van der Waals surface area contributed by atoms with E-state index < -0.39 is 0 Å². The van der Waals surface area contributed by atoms with Gasteiger partial charge in [-0.3, -0.25) is 4.79 Å². The van der Waals surface area contributed by atoms with Crippen LogP contribution in [0.5, 0.6) is 11.5 Å². The first kappa shape index (κ1) is 14.9. The highest BCUT2D eigenvalue weighted by atomic mass is 16.5. The molecule has 23 heavy (non-hydrogen) atoms. The van der Waals surface area contributed by atoms with E-state index >= 15 is 0 Å². The summed E-state index contributed by atoms with van der Waals surface area (Å²) in [5.41, 5.74) is 1.45. The number of ether oxygens (including phenoxy) is 1. The molecule has 2 aromatic carbocycles. The lowest BCUT2D eigenvalue weighted by Gasteiger charge is -2.06. The summed E-state index contributed by atoms with van der Waals surface area (Å²) in [6.45, 7) is 2.30. The first-order valence-corrected chi connectivity index (χ1v) is 7.34. The lowest BCUT2D eigenvalue weighted by atomic mass is 10.1. The fraction of sp³-hybridized carbons (Fsp3) is 0.105. The van der Waals surface area contributed by atoms with Gasteiger partial charge in [-0.15, -0.1) is 0 Å². The van der Waals surface area contributed by atoms with Crippen LogP contribution in [0.15, 0.2) is 59.0 Å². The summed E-state index contributed by atoms with van der Waals surface area (Å²) in [6, 6.07) is 14.1. The third-order valence-corrected chi connectivity index (χ3v) is 3.38. The molecule has 3 rings (SSSR count). The van der Waals surface area contributed by atoms with Gasteiger partial charge in [0.15, 0.2) is 17.3 Å². The molecule has 0 atom stereocenters. The smallest absolute Gasteiger partial charge is 0.221 e. The van der Waals surface area contributed by atoms with Crippen molar-refractivity contribution in [1.29, 1.82) is 0 Å². The molecule has 1 N–H and O–H groups in total. The first-order chi connectivity index (χ1) is 11.2. The topological polar surface area (TPSA) is 59.7 Å². The lowest BCUT2D eigenvalue weighted by molar-refractivity contribution is 0.102. The van der Waals surface area contributed by atoms with Crippen LogP contribution in [-0.2, 0) is 0 Å². The van der Waals surface area contributed by atoms with Crippen molar-refractivity contribution >= 4 is 22.8 Å². The Labute approximate surface area is 133 Å². The zero-order valence-corrected chi connectivity index (χ0v) is 12.7. The summed E-state index contributed by atoms with van der Waals surface area (Å²) in [7, 11) is 0. The number of para-hydroxylation sites is 1. The summed E-state index contributed by atoms with van der Waals surface area (Å²) in [5, 5.41) is 10.6. The Kier molecular flexibility index (Phi) is 4.15. The number of rotatable bonds is 5. The number of carbonyl (C=O) groups excluding carboxylic acids is 1. The summed E-state index contributed by atoms with van der Waals surface area (Å²) in [6.07, 6.45) is 3.11. The van der Waals surface area contributed by atoms with E-state index in [-0.39, 0.29) is 11.5 Å². The number of allylic oxidation sites excluding steroid dienone is 1. The van der Waals surface area contributed by atoms with Crippen LogP contribution in [0.25, 0.3) is 17.0 Å². The van der Waals surface area contributed by atoms with Crippen molar-refractivity contribution in [2.24, 2.45) is 0 Å². The van der Waals surface area contributed by atoms with Crippen LogP contribution in [0.3, 0.4) is 0 Å². The Bertz CT molecular complexity index is 841. The summed E-state index contributed by atoms with van der Waals surface area (Å²) >= 11 is 0. The van der Waals surface area contributed by atoms with Crippen molar-refractivity contribution in [3.63, 3.8) is 0 Å². The van der Waals surface area contributed by atoms with E-state index in [2.05, 4.69) is 0 Å². The Morgan fingerprint density at radius 1 is 1.22 bits per heavy atom. The molecule has 116 valence electrons. The number of phenols is 1. The van der Waals surface area contributed by atoms with Gasteiger partial charge in [-0.1, -0.05) is 30.3 Å². The highest BCUT2D eigenvalue weighted by molar-refractivity contribution is 6.06. The predicted molar refractivity (Wildman–Crippen MR) is 88.9 cm³/mol. The van der Waals surface area contributed by atoms with Gasteiger partial charge in [0.1, 0.15) is 5.58 Å². The molecule has 0 fully saturated rings. The van der Waals surface area contributed by atoms with Crippen LogP contribution in [0, 0.1) is 0 Å². The molecule has 0 aliphatic rings. The van der Waals surface area contributed by atoms with Crippen LogP contribution in [0.4, 0.5) is 0 Å². The zero-order chi connectivity index (χ0) is 16.2. The van der Waals surface area contributed by atoms with E-state index in [1.807, 2.05) is 31.2 Å². The maximum absolute atomic E-state index is 12.2. The normalized spacial score (nSPS) is 11.2. The van der Waals surface area contributed by atoms with Gasteiger partial charge < -0.3 is 14.3 Å². The average Bonchev–Trinajstić information content (AvgIpc) is 2.99. The van der Waals surface area contributed by atoms with Gasteiger partial charge >= 0.3 is 0 Å². The number of carbonyl (C=O) groups is 1. The quantitative estimate of drug-likeness (QED) is 0.559. The summed E-state index contributed by atoms with van der Waals surface area (Å²) in [4.78, 5) is 12.2. The predicted octanol–water partition coefficient (Wildman–Crippen LogP) is 4.43. The zero-order valence-electron chi connectivity index (χ0n) is 12.7. The Hall–Kier alpha value is -3.01. The minimum atomic E-state index is -0.216. The second-order valence-electron chi connectivity index (χ2n) is 5.01. The van der Waals surface area contributed by atoms with Gasteiger partial charge in [0.2, 0.25) is 5.78 Å². The monoisotopic (exact) mass is 308 g/mol. The fourth-order valence-electron chi connectivity index (χ4n) is 2.26. The largest absolute Gasteiger partial charge is 0.504 e. The van der Waals surface area contributed by atoms with Gasteiger partial charge in [0.05, 0.1) is 6.61 Å². The van der Waals surface area contributed by atoms with Gasteiger partial charge in [0.25, 0.3) is 0 Å². The average molecular weight is 308 g/mol. The van der Waals surface area contributed by atoms with E-state index in [1.54, 1.807) is 24.3 Å². The van der Waals surface area contributed by atoms with E-state index in [4.69, 9.17) is 9.15 Å². The molecular weight excluding hydrogens is 292 g/mol. The van der Waals surface area contributed by atoms with Crippen molar-refractivity contribution in [2.45, 2.75) is 6.92 Å². The number of furan rings is 1. The SMILES string of the molecule is CCOc1cc(/C=C/C(=O)c2cc3ccccc3o2)ccc1O. The molecule has 4 nitrogen and oxygen atoms in total. The molecule has 1 heterocycles. The van der Waals surface area contributed by atoms with Gasteiger partial charge in [0, 0.05) is 5.39 Å². The van der Waals surface area contributed by atoms with Crippen LogP contribution >= 0.6 is 0 Å². The van der Waals surface area contributed by atoms with Crippen molar-refractivity contribution in [1.82, 2.24) is 0 Å². The Morgan fingerprint density at radius 3 is 2.83 bits per heavy atom. The lowest BCUT2D eigenvalue weighted by Crippen LogP contribution is -1.93. The molecule has 0 bridgehead atoms. The van der Waals surface area contributed by atoms with E-state index in [0.717, 1.165) is 10.9 Å². The van der Waals surface area contributed by atoms with Crippen LogP contribution < -0.4 is 4.74 Å². The van der Waals surface area contributed by atoms with Crippen molar-refractivity contribution < 1.29 is 19.1 Å². The number of aromatic hydroxyl groups is 1. The molecule has 0 unspecified atom stereocenters. The summed E-state index contributed by atoms with van der Waals surface area (Å²) < 4.78 is 10.9. The highest BCUT2D eigenvalue weighted by Crippen LogP contribution is 2.27. The first-order valence-electron chi connectivity index (χ1n) is 7.34. The third-order valence-electron chi connectivity index (χ3n) is 3.38. The second kappa shape index (κ2) is 6.40. The van der Waals surface area contributed by atoms with Crippen molar-refractivity contribution in [3.05, 3.63) is 65.9 Å². The minimum Gasteiger partial charge on any atom is -0.504 e. The Balaban J connectivity index is 1.81. The van der Waals surface area contributed by atoms with Crippen LogP contribution in [-0.4, -0.2) is 17.5 Å². The number of phenolic OH excluding ortho intramolecular Hbond substituents is 1. The molecule has 0 saturated heterocycles. The van der Waals surface area contributed by atoms with Crippen LogP contribution in [0.1, 0.15) is 23.0 Å². The molecule has 4 heteroatoms. The number of fused-ring (bicyclic) bond motifs is 1. The molecule has 0 amide bonds. The minimum absolute atomic E-state index is 0.0765. The molecule has 1 aromatic heterocycles. The highest BCUT2D eigenvalue weighted by Gasteiger charge is 2.09. The van der Waals surface area contributed by atoms with Crippen molar-refractivity contribution in [2.75, 3.05) is 6.61 Å². The Morgan fingerprint density at radius 2 is 2.04 bits per heavy atom. The van der Waals surface area contributed by atoms with Gasteiger partial charge in [-0.05, 0) is 42.8 Å². The van der Waals surface area contributed by atoms with E-state index in [1.165, 1.54) is 12.1 Å². The van der Waals surface area contributed by atoms with E-state index in [9.17, 15) is 9.90 Å². The molecular formula is C19H16O4. The maximum atomic E-state index is 12.2. The number of hydrogen-bond acceptors (Lipinski definition) is 4. The molecule has 0 radical (unpaired) electrons. The second-order valence-corrected chi connectivity index (χ2v) is 5.01. The summed E-state index contributed by atoms with van der Waals surface area (Å²) in [5.74, 6) is 0.553. The van der Waals surface area contributed by atoms with Crippen molar-refractivity contribution in [3.8, 4) is 11.5 Å². The standard InChI is InChI=1S/C19H16O4/c1-2-22-18-11-13(7-9-15(18)20)8-10-16(21)19-12-14-5-3-4-6-17(14)23-19/h3-12,20H,2H2,1H3/b10-8+. The molecule has 0 saturated carbocycles. The number of hydrogen-bond donors (Lipinski definition) is 1. The third kappa shape index (κ3) is 3.26. The number of ketones is 1. The van der Waals surface area contributed by atoms with Gasteiger partial charge in [-0.25, -0.2) is 0 Å².